The maximum atomic E-state index is 13.7. The number of amides is 1. The van der Waals surface area contributed by atoms with E-state index in [1.807, 2.05) is 12.1 Å². The molecular formula is C21H21FN2O2. The predicted molar refractivity (Wildman–Crippen MR) is 100.0 cm³/mol. The summed E-state index contributed by atoms with van der Waals surface area (Å²) in [5.41, 5.74) is 3.73. The van der Waals surface area contributed by atoms with Crippen LogP contribution >= 0.6 is 0 Å². The Morgan fingerprint density at radius 3 is 2.50 bits per heavy atom. The summed E-state index contributed by atoms with van der Waals surface area (Å²) in [5.74, 6) is -0.230. The summed E-state index contributed by atoms with van der Waals surface area (Å²) in [6.45, 7) is 4.27. The number of ether oxygens (including phenoxy) is 1. The number of fused-ring (bicyclic) bond motifs is 1. The van der Waals surface area contributed by atoms with Crippen LogP contribution in [0.15, 0.2) is 42.5 Å². The Balaban J connectivity index is 1.85. The number of nitrogens with one attached hydrogen (secondary N) is 1. The highest BCUT2D eigenvalue weighted by atomic mass is 19.1. The van der Waals surface area contributed by atoms with Gasteiger partial charge in [0.1, 0.15) is 17.3 Å². The Morgan fingerprint density at radius 2 is 1.85 bits per heavy atom. The molecule has 0 unspecified atom stereocenters. The van der Waals surface area contributed by atoms with Crippen molar-refractivity contribution < 1.29 is 13.9 Å². The summed E-state index contributed by atoms with van der Waals surface area (Å²) in [6, 6.07) is 12.4. The normalized spacial score (nSPS) is 10.8. The lowest BCUT2D eigenvalue weighted by Crippen LogP contribution is -2.24. The zero-order valence-electron chi connectivity index (χ0n) is 15.1. The molecule has 26 heavy (non-hydrogen) atoms. The number of halogens is 1. The van der Waals surface area contributed by atoms with Gasteiger partial charge in [-0.15, -0.1) is 0 Å². The van der Waals surface area contributed by atoms with Crippen LogP contribution in [0.1, 0.15) is 34.1 Å². The van der Waals surface area contributed by atoms with Crippen molar-refractivity contribution in [2.24, 2.45) is 0 Å². The molecule has 0 spiro atoms. The van der Waals surface area contributed by atoms with Crippen molar-refractivity contribution in [3.8, 4) is 5.75 Å². The van der Waals surface area contributed by atoms with E-state index < -0.39 is 0 Å². The Bertz CT molecular complexity index is 952. The van der Waals surface area contributed by atoms with Gasteiger partial charge in [0.05, 0.1) is 12.6 Å². The van der Waals surface area contributed by atoms with Gasteiger partial charge in [0.2, 0.25) is 0 Å². The number of aromatic nitrogens is 1. The number of rotatable bonds is 5. The molecule has 0 saturated heterocycles. The zero-order valence-corrected chi connectivity index (χ0v) is 15.1. The smallest absolute Gasteiger partial charge is 0.270 e. The average molecular weight is 352 g/mol. The quantitative estimate of drug-likeness (QED) is 0.749. The van der Waals surface area contributed by atoms with Gasteiger partial charge in [-0.1, -0.05) is 31.2 Å². The third kappa shape index (κ3) is 3.67. The first-order valence-electron chi connectivity index (χ1n) is 8.52. The lowest BCUT2D eigenvalue weighted by atomic mass is 10.1. The predicted octanol–water partition coefficient (Wildman–Crippen LogP) is 4.18. The molecule has 134 valence electrons. The van der Waals surface area contributed by atoms with Gasteiger partial charge in [0, 0.05) is 18.0 Å². The Labute approximate surface area is 152 Å². The van der Waals surface area contributed by atoms with E-state index in [-0.39, 0.29) is 17.4 Å². The molecule has 0 saturated carbocycles. The van der Waals surface area contributed by atoms with Gasteiger partial charge in [-0.3, -0.25) is 4.79 Å². The fourth-order valence-electron chi connectivity index (χ4n) is 2.88. The third-order valence-corrected chi connectivity index (χ3v) is 4.37. The van der Waals surface area contributed by atoms with Crippen LogP contribution in [-0.2, 0) is 13.0 Å². The van der Waals surface area contributed by atoms with Gasteiger partial charge in [-0.05, 0) is 42.2 Å². The number of nitrogens with zero attached hydrogens (tertiary/aromatic N) is 1. The highest BCUT2D eigenvalue weighted by Gasteiger charge is 2.15. The van der Waals surface area contributed by atoms with Crippen molar-refractivity contribution in [1.82, 2.24) is 10.3 Å². The molecule has 0 bridgehead atoms. The van der Waals surface area contributed by atoms with E-state index in [4.69, 9.17) is 4.74 Å². The molecule has 5 heteroatoms. The Kier molecular flexibility index (Phi) is 5.16. The van der Waals surface area contributed by atoms with Gasteiger partial charge in [0.25, 0.3) is 5.91 Å². The summed E-state index contributed by atoms with van der Waals surface area (Å²) >= 11 is 0. The van der Waals surface area contributed by atoms with E-state index in [9.17, 15) is 9.18 Å². The molecule has 1 amide bonds. The van der Waals surface area contributed by atoms with Gasteiger partial charge in [0.15, 0.2) is 0 Å². The number of methoxy groups -OCH3 is 1. The second-order valence-corrected chi connectivity index (χ2v) is 6.18. The van der Waals surface area contributed by atoms with Gasteiger partial charge in [-0.25, -0.2) is 9.37 Å². The summed E-state index contributed by atoms with van der Waals surface area (Å²) in [6.07, 6.45) is 0.980. The summed E-state index contributed by atoms with van der Waals surface area (Å²) in [4.78, 5) is 16.9. The molecule has 0 fully saturated rings. The van der Waals surface area contributed by atoms with Crippen molar-refractivity contribution in [3.05, 3.63) is 70.7 Å². The molecule has 1 heterocycles. The Hall–Kier alpha value is -2.95. The van der Waals surface area contributed by atoms with Crippen LogP contribution in [0.25, 0.3) is 10.9 Å². The van der Waals surface area contributed by atoms with E-state index in [2.05, 4.69) is 29.4 Å². The number of aryl methyl sites for hydroxylation is 2. The first-order chi connectivity index (χ1) is 12.5. The van der Waals surface area contributed by atoms with Crippen LogP contribution in [0.3, 0.4) is 0 Å². The van der Waals surface area contributed by atoms with E-state index in [1.165, 1.54) is 30.9 Å². The average Bonchev–Trinajstić information content (AvgIpc) is 2.65. The van der Waals surface area contributed by atoms with Crippen LogP contribution < -0.4 is 10.1 Å². The minimum atomic E-state index is -0.358. The monoisotopic (exact) mass is 352 g/mol. The minimum Gasteiger partial charge on any atom is -0.496 e. The van der Waals surface area contributed by atoms with E-state index in [0.29, 0.717) is 28.8 Å². The first-order valence-corrected chi connectivity index (χ1v) is 8.52. The van der Waals surface area contributed by atoms with Crippen molar-refractivity contribution in [2.45, 2.75) is 26.8 Å². The molecule has 3 aromatic rings. The second kappa shape index (κ2) is 7.52. The van der Waals surface area contributed by atoms with Gasteiger partial charge >= 0.3 is 0 Å². The molecule has 0 atom stereocenters. The molecule has 1 aromatic heterocycles. The largest absolute Gasteiger partial charge is 0.496 e. The lowest BCUT2D eigenvalue weighted by Gasteiger charge is -2.11. The number of hydrogen-bond acceptors (Lipinski definition) is 3. The molecule has 3 rings (SSSR count). The summed E-state index contributed by atoms with van der Waals surface area (Å²) < 4.78 is 19.0. The second-order valence-electron chi connectivity index (χ2n) is 6.18. The molecule has 2 aromatic carbocycles. The van der Waals surface area contributed by atoms with E-state index in [0.717, 1.165) is 12.0 Å². The molecule has 0 aliphatic heterocycles. The maximum absolute atomic E-state index is 13.7. The van der Waals surface area contributed by atoms with Crippen molar-refractivity contribution in [1.29, 1.82) is 0 Å². The molecule has 0 aliphatic carbocycles. The van der Waals surface area contributed by atoms with E-state index >= 15 is 0 Å². The number of carbonyl (C=O) groups excluding carboxylic acids is 1. The molecule has 1 N–H and O–H groups in total. The van der Waals surface area contributed by atoms with E-state index in [1.54, 1.807) is 6.92 Å². The summed E-state index contributed by atoms with van der Waals surface area (Å²) in [7, 11) is 1.49. The van der Waals surface area contributed by atoms with Crippen LogP contribution in [0.4, 0.5) is 4.39 Å². The van der Waals surface area contributed by atoms with Gasteiger partial charge in [-0.2, -0.15) is 0 Å². The van der Waals surface area contributed by atoms with Gasteiger partial charge < -0.3 is 10.1 Å². The molecule has 0 radical (unpaired) electrons. The van der Waals surface area contributed by atoms with Crippen LogP contribution in [0.2, 0.25) is 0 Å². The number of pyridine rings is 1. The number of carbonyl (C=O) groups is 1. The highest BCUT2D eigenvalue weighted by Crippen LogP contribution is 2.28. The van der Waals surface area contributed by atoms with Crippen LogP contribution in [-0.4, -0.2) is 18.0 Å². The Morgan fingerprint density at radius 1 is 1.15 bits per heavy atom. The fourth-order valence-corrected chi connectivity index (χ4v) is 2.88. The summed E-state index contributed by atoms with van der Waals surface area (Å²) in [5, 5.41) is 3.42. The lowest BCUT2D eigenvalue weighted by molar-refractivity contribution is 0.0946. The molecule has 0 aliphatic rings. The first kappa shape index (κ1) is 17.9. The third-order valence-electron chi connectivity index (χ3n) is 4.37. The SMILES string of the molecule is CCc1ccc(CNC(=O)c2cc(OC)c3cc(F)cc(C)c3n2)cc1. The van der Waals surface area contributed by atoms with Crippen LogP contribution in [0, 0.1) is 12.7 Å². The van der Waals surface area contributed by atoms with Crippen molar-refractivity contribution >= 4 is 16.8 Å². The number of hydrogen-bond donors (Lipinski definition) is 1. The topological polar surface area (TPSA) is 51.2 Å². The standard InChI is InChI=1S/C21H21FN2O2/c1-4-14-5-7-15(8-6-14)12-23-21(25)18-11-19(26-3)17-10-16(22)9-13(2)20(17)24-18/h5-11H,4,12H2,1-3H3,(H,23,25). The zero-order chi connectivity index (χ0) is 18.7. The minimum absolute atomic E-state index is 0.245. The molecule has 4 nitrogen and oxygen atoms in total. The van der Waals surface area contributed by atoms with Crippen molar-refractivity contribution in [3.63, 3.8) is 0 Å². The highest BCUT2D eigenvalue weighted by molar-refractivity contribution is 5.97. The fraction of sp³-hybridized carbons (Fsp3) is 0.238. The van der Waals surface area contributed by atoms with Crippen molar-refractivity contribution in [2.75, 3.05) is 7.11 Å². The molecular weight excluding hydrogens is 331 g/mol. The maximum Gasteiger partial charge on any atom is 0.270 e. The number of benzene rings is 2. The van der Waals surface area contributed by atoms with Crippen LogP contribution in [0.5, 0.6) is 5.75 Å².